The molecule has 2 N–H and O–H groups in total. The summed E-state index contributed by atoms with van der Waals surface area (Å²) in [7, 11) is 4.29. The molecule has 2 aromatic carbocycles. The summed E-state index contributed by atoms with van der Waals surface area (Å²) < 4.78 is 23.8. The lowest BCUT2D eigenvalue weighted by Crippen LogP contribution is -2.58. The molecule has 12 heteroatoms. The smallest absolute Gasteiger partial charge is 0.236 e. The van der Waals surface area contributed by atoms with Crippen LogP contribution in [0.3, 0.4) is 0 Å². The first-order valence-electron chi connectivity index (χ1n) is 11.8. The van der Waals surface area contributed by atoms with Crippen LogP contribution in [0.5, 0.6) is 28.7 Å². The molecule has 3 aromatic rings. The summed E-state index contributed by atoms with van der Waals surface area (Å²) in [6, 6.07) is 5.51. The van der Waals surface area contributed by atoms with Crippen LogP contribution in [-0.2, 0) is 4.79 Å². The van der Waals surface area contributed by atoms with Gasteiger partial charge in [0.15, 0.2) is 17.2 Å². The number of halogens is 1. The molecule has 1 aliphatic carbocycles. The number of ether oxygens (including phenoxy) is 4. The second-order valence-electron chi connectivity index (χ2n) is 9.28. The number of anilines is 1. The number of hydrogen-bond donors (Lipinski definition) is 2. The second kappa shape index (κ2) is 8.38. The Morgan fingerprint density at radius 2 is 1.84 bits per heavy atom. The van der Waals surface area contributed by atoms with Gasteiger partial charge < -0.3 is 29.4 Å². The number of phenolic OH excluding ortho intramolecular Hbond substituents is 1. The number of allylic oxidation sites excluding steroid dienone is 1. The number of fused-ring (bicyclic) bond motifs is 2. The molecule has 1 spiro atoms. The number of nitrogens with one attached hydrogen (secondary N) is 1. The van der Waals surface area contributed by atoms with Crippen molar-refractivity contribution < 1.29 is 33.6 Å². The number of methoxy groups -OCH3 is 3. The molecule has 0 unspecified atom stereocenters. The van der Waals surface area contributed by atoms with Gasteiger partial charge in [0.25, 0.3) is 0 Å². The maximum atomic E-state index is 14.6. The first-order valence-corrected chi connectivity index (χ1v) is 12.1. The number of carbonyl (C=O) groups excluding carboxylic acids is 2. The lowest BCUT2D eigenvalue weighted by Gasteiger charge is -2.41. The number of rotatable bonds is 4. The fourth-order valence-corrected chi connectivity index (χ4v) is 5.84. The van der Waals surface area contributed by atoms with Gasteiger partial charge in [0.05, 0.1) is 21.3 Å². The maximum Gasteiger partial charge on any atom is 0.236 e. The standard InChI is InChI=1S/C26H23ClN4O7/c1-11-7-13-18(21(31-25(30-13)28-10-29-31)12-5-6-15(35-2)14(32)8-12)23(33)26(11)24(34)19-16(36-3)9-17(37-4)20(27)22(19)38-26/h5-6,8-11,21,32H,7H2,1-4H3,(H,28,29,30)/t11-,21-,26+/m1/s1. The largest absolute Gasteiger partial charge is 0.504 e. The van der Waals surface area contributed by atoms with Crippen LogP contribution >= 0.6 is 11.6 Å². The Balaban J connectivity index is 1.53. The van der Waals surface area contributed by atoms with E-state index in [0.717, 1.165) is 0 Å². The minimum atomic E-state index is -1.89. The van der Waals surface area contributed by atoms with Crippen molar-refractivity contribution in [3.63, 3.8) is 0 Å². The van der Waals surface area contributed by atoms with Crippen LogP contribution in [-0.4, -0.2) is 58.4 Å². The van der Waals surface area contributed by atoms with Crippen molar-refractivity contribution in [3.05, 3.63) is 58.0 Å². The van der Waals surface area contributed by atoms with Gasteiger partial charge in [-0.1, -0.05) is 24.6 Å². The zero-order valence-electron chi connectivity index (χ0n) is 20.9. The summed E-state index contributed by atoms with van der Waals surface area (Å²) in [6.45, 7) is 1.78. The minimum Gasteiger partial charge on any atom is -0.504 e. The molecule has 0 saturated heterocycles. The molecule has 0 amide bonds. The molecule has 0 fully saturated rings. The molecular formula is C26H23ClN4O7. The average molecular weight is 539 g/mol. The van der Waals surface area contributed by atoms with Crippen molar-refractivity contribution in [2.45, 2.75) is 25.0 Å². The van der Waals surface area contributed by atoms with Crippen LogP contribution in [0.1, 0.15) is 35.3 Å². The van der Waals surface area contributed by atoms with Gasteiger partial charge in [-0.2, -0.15) is 10.1 Å². The molecule has 0 radical (unpaired) electrons. The number of nitrogens with zero attached hydrogens (tertiary/aromatic N) is 3. The monoisotopic (exact) mass is 538 g/mol. The second-order valence-corrected chi connectivity index (χ2v) is 9.66. The van der Waals surface area contributed by atoms with Crippen molar-refractivity contribution in [2.24, 2.45) is 5.92 Å². The molecule has 3 atom stereocenters. The topological polar surface area (TPSA) is 134 Å². The van der Waals surface area contributed by atoms with Gasteiger partial charge in [0.2, 0.25) is 23.1 Å². The number of benzene rings is 2. The SMILES string of the molecule is COc1ccc([C@@H]2C3=C(C[C@@H](C)[C@]4(Oc5c(Cl)c(OC)cc(OC)c5C4=O)C3=O)Nc3ncnn32)cc1O. The number of phenols is 1. The van der Waals surface area contributed by atoms with Gasteiger partial charge in [-0.05, 0) is 24.1 Å². The van der Waals surface area contributed by atoms with E-state index >= 15 is 0 Å². The zero-order chi connectivity index (χ0) is 26.9. The van der Waals surface area contributed by atoms with Crippen molar-refractivity contribution in [3.8, 4) is 28.7 Å². The quantitative estimate of drug-likeness (QED) is 0.475. The van der Waals surface area contributed by atoms with Crippen molar-refractivity contribution in [2.75, 3.05) is 26.6 Å². The molecule has 196 valence electrons. The summed E-state index contributed by atoms with van der Waals surface area (Å²) in [5.41, 5.74) is -0.392. The van der Waals surface area contributed by atoms with Crippen LogP contribution < -0.4 is 24.3 Å². The molecule has 6 rings (SSSR count). The third-order valence-electron chi connectivity index (χ3n) is 7.40. The van der Waals surface area contributed by atoms with Crippen LogP contribution in [0, 0.1) is 5.92 Å². The Morgan fingerprint density at radius 1 is 1.11 bits per heavy atom. The highest BCUT2D eigenvalue weighted by Crippen LogP contribution is 2.55. The van der Waals surface area contributed by atoms with E-state index in [1.54, 1.807) is 19.1 Å². The normalized spacial score (nSPS) is 23.4. The van der Waals surface area contributed by atoms with Gasteiger partial charge in [0, 0.05) is 23.3 Å². The van der Waals surface area contributed by atoms with Crippen molar-refractivity contribution >= 4 is 29.1 Å². The lowest BCUT2D eigenvalue weighted by atomic mass is 9.69. The molecule has 1 aromatic heterocycles. The summed E-state index contributed by atoms with van der Waals surface area (Å²) >= 11 is 6.55. The Morgan fingerprint density at radius 3 is 2.53 bits per heavy atom. The van der Waals surface area contributed by atoms with E-state index < -0.39 is 29.1 Å². The Bertz CT molecular complexity index is 1570. The number of Topliss-reactive ketones (excluding diaryl/α,β-unsaturated/α-hetero) is 2. The predicted molar refractivity (Wildman–Crippen MR) is 135 cm³/mol. The summed E-state index contributed by atoms with van der Waals surface area (Å²) in [5.74, 6) is -0.582. The van der Waals surface area contributed by atoms with E-state index in [-0.39, 0.29) is 44.9 Å². The number of carbonyl (C=O) groups is 2. The Hall–Kier alpha value is -4.25. The van der Waals surface area contributed by atoms with Gasteiger partial charge in [-0.25, -0.2) is 4.68 Å². The maximum absolute atomic E-state index is 14.6. The van der Waals surface area contributed by atoms with Crippen LogP contribution in [0.2, 0.25) is 5.02 Å². The molecule has 0 saturated carbocycles. The van der Waals surface area contributed by atoms with Gasteiger partial charge in [0.1, 0.15) is 34.5 Å². The summed E-state index contributed by atoms with van der Waals surface area (Å²) in [6.07, 6.45) is 1.66. The van der Waals surface area contributed by atoms with E-state index in [1.165, 1.54) is 44.5 Å². The third kappa shape index (κ3) is 3.02. The van der Waals surface area contributed by atoms with E-state index in [1.807, 2.05) is 0 Å². The number of aromatic nitrogens is 3. The molecule has 3 aliphatic rings. The highest BCUT2D eigenvalue weighted by atomic mass is 35.5. The van der Waals surface area contributed by atoms with E-state index in [0.29, 0.717) is 23.6 Å². The molecule has 0 bridgehead atoms. The number of hydrogen-bond acceptors (Lipinski definition) is 10. The molecule has 11 nitrogen and oxygen atoms in total. The van der Waals surface area contributed by atoms with Gasteiger partial charge >= 0.3 is 0 Å². The average Bonchev–Trinajstić information content (AvgIpc) is 3.50. The lowest BCUT2D eigenvalue weighted by molar-refractivity contribution is -0.130. The number of aromatic hydroxyl groups is 1. The van der Waals surface area contributed by atoms with Gasteiger partial charge in [-0.3, -0.25) is 9.59 Å². The third-order valence-corrected chi connectivity index (χ3v) is 7.76. The van der Waals surface area contributed by atoms with Gasteiger partial charge in [-0.15, -0.1) is 0 Å². The van der Waals surface area contributed by atoms with Crippen molar-refractivity contribution in [1.82, 2.24) is 14.8 Å². The molecular weight excluding hydrogens is 516 g/mol. The molecule has 2 aliphatic heterocycles. The zero-order valence-corrected chi connectivity index (χ0v) is 21.6. The molecule has 38 heavy (non-hydrogen) atoms. The fraction of sp³-hybridized carbons (Fsp3) is 0.308. The van der Waals surface area contributed by atoms with E-state index in [2.05, 4.69) is 15.4 Å². The highest BCUT2D eigenvalue weighted by molar-refractivity contribution is 6.36. The fourth-order valence-electron chi connectivity index (χ4n) is 5.57. The van der Waals surface area contributed by atoms with Crippen LogP contribution in [0.4, 0.5) is 5.95 Å². The van der Waals surface area contributed by atoms with E-state index in [4.69, 9.17) is 30.5 Å². The number of ketones is 2. The minimum absolute atomic E-state index is 0.0426. The van der Waals surface area contributed by atoms with E-state index in [9.17, 15) is 14.7 Å². The van der Waals surface area contributed by atoms with Crippen molar-refractivity contribution in [1.29, 1.82) is 0 Å². The Kier molecular flexibility index (Phi) is 5.32. The van der Waals surface area contributed by atoms with Crippen LogP contribution in [0.15, 0.2) is 41.9 Å². The summed E-state index contributed by atoms with van der Waals surface area (Å²) in [4.78, 5) is 33.0. The predicted octanol–water partition coefficient (Wildman–Crippen LogP) is 3.55. The first-order chi connectivity index (χ1) is 18.3. The highest BCUT2D eigenvalue weighted by Gasteiger charge is 2.63. The molecule has 3 heterocycles. The van der Waals surface area contributed by atoms with Crippen LogP contribution in [0.25, 0.3) is 0 Å². The first kappa shape index (κ1) is 24.1. The summed E-state index contributed by atoms with van der Waals surface area (Å²) in [5, 5.41) is 18.1. The Labute approximate surface area is 221 Å².